The summed E-state index contributed by atoms with van der Waals surface area (Å²) in [4.78, 5) is 19.1. The third-order valence-electron chi connectivity index (χ3n) is 5.34. The van der Waals surface area contributed by atoms with Crippen LogP contribution < -0.4 is 15.0 Å². The number of nitrogens with zero attached hydrogens (tertiary/aromatic N) is 4. The summed E-state index contributed by atoms with van der Waals surface area (Å²) in [6.45, 7) is 2.05. The molecule has 0 radical (unpaired) electrons. The molecule has 1 amide bonds. The molecule has 0 spiro atoms. The molecule has 33 heavy (non-hydrogen) atoms. The number of nitrogens with one attached hydrogen (secondary N) is 1. The van der Waals surface area contributed by atoms with Crippen LogP contribution in [0.1, 0.15) is 15.9 Å². The van der Waals surface area contributed by atoms with Gasteiger partial charge in [0.25, 0.3) is 5.91 Å². The summed E-state index contributed by atoms with van der Waals surface area (Å²) in [7, 11) is 1.00. The molecule has 4 heterocycles. The van der Waals surface area contributed by atoms with E-state index in [0.717, 1.165) is 7.11 Å². The van der Waals surface area contributed by atoms with Crippen LogP contribution in [0.4, 0.5) is 24.5 Å². The maximum absolute atomic E-state index is 13.2. The average molecular weight is 465 g/mol. The number of hydrogen-bond donors (Lipinski definition) is 2. The van der Waals surface area contributed by atoms with E-state index in [0.29, 0.717) is 48.9 Å². The molecule has 5 rings (SSSR count). The van der Waals surface area contributed by atoms with Gasteiger partial charge in [-0.25, -0.2) is 9.50 Å². The predicted octanol–water partition coefficient (Wildman–Crippen LogP) is 2.29. The molecule has 2 N–H and O–H groups in total. The SMILES string of the molecule is CO.O=C(Nc1cc2c(cc1N1CCOCC1)OC(C(F)(F)F)C2)c1cnn2cccnc12. The van der Waals surface area contributed by atoms with Gasteiger partial charge in [0.05, 0.1) is 30.8 Å². The van der Waals surface area contributed by atoms with Crippen LogP contribution in [0.15, 0.2) is 36.8 Å². The topological polar surface area (TPSA) is 101 Å². The second kappa shape index (κ2) is 9.24. The monoisotopic (exact) mass is 465 g/mol. The fourth-order valence-electron chi connectivity index (χ4n) is 3.80. The molecule has 1 saturated heterocycles. The Morgan fingerprint density at radius 1 is 1.24 bits per heavy atom. The maximum atomic E-state index is 13.2. The molecule has 3 aromatic rings. The third-order valence-corrected chi connectivity index (χ3v) is 5.34. The zero-order valence-electron chi connectivity index (χ0n) is 17.7. The van der Waals surface area contributed by atoms with E-state index < -0.39 is 18.2 Å². The predicted molar refractivity (Wildman–Crippen MR) is 113 cm³/mol. The Bertz CT molecular complexity index is 1140. The Morgan fingerprint density at radius 3 is 2.73 bits per heavy atom. The number of halogens is 3. The van der Waals surface area contributed by atoms with Crippen LogP contribution >= 0.6 is 0 Å². The zero-order valence-corrected chi connectivity index (χ0v) is 17.7. The lowest BCUT2D eigenvalue weighted by Crippen LogP contribution is -2.36. The van der Waals surface area contributed by atoms with Gasteiger partial charge in [-0.3, -0.25) is 4.79 Å². The number of carbonyl (C=O) groups is 1. The van der Waals surface area contributed by atoms with Crippen molar-refractivity contribution in [3.63, 3.8) is 0 Å². The number of anilines is 2. The summed E-state index contributed by atoms with van der Waals surface area (Å²) in [5, 5.41) is 13.9. The van der Waals surface area contributed by atoms with E-state index >= 15 is 0 Å². The van der Waals surface area contributed by atoms with E-state index in [2.05, 4.69) is 15.4 Å². The fraction of sp³-hybridized carbons (Fsp3) is 0.381. The highest BCUT2D eigenvalue weighted by atomic mass is 19.4. The first-order valence-electron chi connectivity index (χ1n) is 10.2. The molecule has 2 aliphatic rings. The molecule has 1 atom stereocenters. The van der Waals surface area contributed by atoms with Crippen molar-refractivity contribution in [1.82, 2.24) is 14.6 Å². The molecule has 0 aliphatic carbocycles. The minimum atomic E-state index is -4.47. The first-order valence-corrected chi connectivity index (χ1v) is 10.2. The number of alkyl halides is 3. The molecule has 12 heteroatoms. The number of benzene rings is 1. The van der Waals surface area contributed by atoms with Gasteiger partial charge in [0.2, 0.25) is 0 Å². The number of rotatable bonds is 3. The number of fused-ring (bicyclic) bond motifs is 2. The van der Waals surface area contributed by atoms with Crippen LogP contribution in [0.2, 0.25) is 0 Å². The van der Waals surface area contributed by atoms with Crippen molar-refractivity contribution in [2.45, 2.75) is 18.7 Å². The number of aromatic nitrogens is 3. The Labute approximate surface area is 186 Å². The lowest BCUT2D eigenvalue weighted by molar-refractivity contribution is -0.189. The van der Waals surface area contributed by atoms with E-state index in [1.165, 1.54) is 10.7 Å². The second-order valence-corrected chi connectivity index (χ2v) is 7.33. The summed E-state index contributed by atoms with van der Waals surface area (Å²) >= 11 is 0. The average Bonchev–Trinajstić information content (AvgIpc) is 3.44. The van der Waals surface area contributed by atoms with Gasteiger partial charge in [-0.15, -0.1) is 0 Å². The summed E-state index contributed by atoms with van der Waals surface area (Å²) in [5.74, 6) is -0.270. The van der Waals surface area contributed by atoms with Gasteiger partial charge in [-0.2, -0.15) is 18.3 Å². The van der Waals surface area contributed by atoms with Crippen molar-refractivity contribution in [3.05, 3.63) is 47.9 Å². The van der Waals surface area contributed by atoms with Crippen molar-refractivity contribution in [1.29, 1.82) is 0 Å². The van der Waals surface area contributed by atoms with Crippen LogP contribution in [-0.2, 0) is 11.2 Å². The Hall–Kier alpha value is -3.38. The molecule has 2 aromatic heterocycles. The van der Waals surface area contributed by atoms with Crippen LogP contribution in [0.25, 0.3) is 5.65 Å². The van der Waals surface area contributed by atoms with Crippen LogP contribution in [0.5, 0.6) is 5.75 Å². The van der Waals surface area contributed by atoms with Crippen molar-refractivity contribution < 1.29 is 32.5 Å². The largest absolute Gasteiger partial charge is 0.480 e. The third kappa shape index (κ3) is 4.57. The highest BCUT2D eigenvalue weighted by molar-refractivity contribution is 6.09. The van der Waals surface area contributed by atoms with Gasteiger partial charge in [-0.05, 0) is 12.1 Å². The molecule has 1 fully saturated rings. The summed E-state index contributed by atoms with van der Waals surface area (Å²) in [6, 6.07) is 4.81. The molecule has 0 bridgehead atoms. The van der Waals surface area contributed by atoms with Crippen molar-refractivity contribution in [3.8, 4) is 5.75 Å². The number of carbonyl (C=O) groups excluding carboxylic acids is 1. The van der Waals surface area contributed by atoms with Gasteiger partial charge in [0, 0.05) is 50.6 Å². The molecule has 1 unspecified atom stereocenters. The lowest BCUT2D eigenvalue weighted by Gasteiger charge is -2.31. The minimum absolute atomic E-state index is 0.180. The molecule has 1 aromatic carbocycles. The van der Waals surface area contributed by atoms with E-state index in [1.807, 2.05) is 4.90 Å². The highest BCUT2D eigenvalue weighted by Crippen LogP contribution is 2.42. The number of morpholine rings is 1. The van der Waals surface area contributed by atoms with E-state index in [4.69, 9.17) is 14.6 Å². The number of aliphatic hydroxyl groups excluding tert-OH is 1. The van der Waals surface area contributed by atoms with E-state index in [9.17, 15) is 18.0 Å². The van der Waals surface area contributed by atoms with Crippen molar-refractivity contribution in [2.75, 3.05) is 43.6 Å². The normalized spacial score (nSPS) is 17.7. The van der Waals surface area contributed by atoms with E-state index in [-0.39, 0.29) is 17.7 Å². The maximum Gasteiger partial charge on any atom is 0.425 e. The van der Waals surface area contributed by atoms with Gasteiger partial charge >= 0.3 is 6.18 Å². The molecule has 0 saturated carbocycles. The standard InChI is InChI=1S/C20H18F3N5O3.CH4O/c21-20(22,23)17-9-12-8-14(15(10-16(12)31-17)27-4-6-30-7-5-27)26-19(29)13-11-25-28-3-1-2-24-18(13)28;1-2/h1-3,8,10-11,17H,4-7,9H2,(H,26,29);2H,1H3. The summed E-state index contributed by atoms with van der Waals surface area (Å²) < 4.78 is 51.6. The van der Waals surface area contributed by atoms with Gasteiger partial charge in [-0.1, -0.05) is 0 Å². The second-order valence-electron chi connectivity index (χ2n) is 7.33. The number of hydrogen-bond acceptors (Lipinski definition) is 7. The smallest absolute Gasteiger partial charge is 0.425 e. The van der Waals surface area contributed by atoms with Gasteiger partial charge < -0.3 is 24.8 Å². The van der Waals surface area contributed by atoms with Gasteiger partial charge in [0.1, 0.15) is 11.3 Å². The van der Waals surface area contributed by atoms with Crippen LogP contribution in [0, 0.1) is 0 Å². The Morgan fingerprint density at radius 2 is 2.00 bits per heavy atom. The zero-order chi connectivity index (χ0) is 23.6. The van der Waals surface area contributed by atoms with E-state index in [1.54, 1.807) is 30.6 Å². The molecule has 2 aliphatic heterocycles. The van der Waals surface area contributed by atoms with Crippen molar-refractivity contribution in [2.24, 2.45) is 0 Å². The highest BCUT2D eigenvalue weighted by Gasteiger charge is 2.45. The minimum Gasteiger partial charge on any atom is -0.480 e. The summed E-state index contributed by atoms with van der Waals surface area (Å²) in [6.07, 6.45) is -2.04. The number of ether oxygens (including phenoxy) is 2. The number of aliphatic hydroxyl groups is 1. The fourth-order valence-corrected chi connectivity index (χ4v) is 3.80. The van der Waals surface area contributed by atoms with Crippen molar-refractivity contribution >= 4 is 22.9 Å². The lowest BCUT2D eigenvalue weighted by atomic mass is 10.1. The van der Waals surface area contributed by atoms with Gasteiger partial charge in [0.15, 0.2) is 11.8 Å². The number of amides is 1. The van der Waals surface area contributed by atoms with Crippen LogP contribution in [0.3, 0.4) is 0 Å². The Balaban J connectivity index is 0.00000126. The Kier molecular flexibility index (Phi) is 6.38. The van der Waals surface area contributed by atoms with Crippen LogP contribution in [-0.4, -0.2) is 71.3 Å². The molecular formula is C21H22F3N5O4. The first kappa shape index (κ1) is 22.8. The first-order chi connectivity index (χ1) is 15.9. The molecule has 176 valence electrons. The summed E-state index contributed by atoms with van der Waals surface area (Å²) in [5.41, 5.74) is 2.04. The molecule has 9 nitrogen and oxygen atoms in total. The quantitative estimate of drug-likeness (QED) is 0.612. The molecular weight excluding hydrogens is 443 g/mol.